The summed E-state index contributed by atoms with van der Waals surface area (Å²) >= 11 is 0. The van der Waals surface area contributed by atoms with Crippen LogP contribution in [0, 0.1) is 12.8 Å². The monoisotopic (exact) mass is 369 g/mol. The summed E-state index contributed by atoms with van der Waals surface area (Å²) in [6.07, 6.45) is 2.57. The van der Waals surface area contributed by atoms with Crippen LogP contribution in [0.25, 0.3) is 10.9 Å². The number of aromatic nitrogens is 1. The van der Waals surface area contributed by atoms with E-state index < -0.39 is 0 Å². The molecular weight excluding hydrogens is 342 g/mol. The molecule has 0 aliphatic carbocycles. The minimum absolute atomic E-state index is 0.113. The molecule has 0 spiro atoms. The molecule has 1 aliphatic rings. The van der Waals surface area contributed by atoms with Gasteiger partial charge < -0.3 is 15.0 Å². The second kappa shape index (κ2) is 8.37. The molecule has 0 saturated carbocycles. The largest absolute Gasteiger partial charge is 0.497 e. The van der Waals surface area contributed by atoms with E-state index in [2.05, 4.69) is 17.2 Å². The third-order valence-corrected chi connectivity index (χ3v) is 5.09. The van der Waals surface area contributed by atoms with E-state index in [1.165, 1.54) is 6.42 Å². The number of nitrogens with one attached hydrogen (secondary N) is 1. The smallest absolute Gasteiger partial charge is 0.253 e. The molecule has 1 aromatic carbocycles. The molecule has 1 saturated heterocycles. The second-order valence-electron chi connectivity index (χ2n) is 7.27. The maximum absolute atomic E-state index is 12.5. The number of amides is 2. The Labute approximate surface area is 159 Å². The van der Waals surface area contributed by atoms with Gasteiger partial charge in [-0.05, 0) is 43.9 Å². The average Bonchev–Trinajstić information content (AvgIpc) is 2.66. The minimum Gasteiger partial charge on any atom is -0.497 e. The number of fused-ring (bicyclic) bond motifs is 1. The number of ether oxygens (including phenoxy) is 1. The summed E-state index contributed by atoms with van der Waals surface area (Å²) in [5.74, 6) is 1.21. The van der Waals surface area contributed by atoms with Crippen molar-refractivity contribution in [3.63, 3.8) is 0 Å². The molecule has 2 heterocycles. The number of likely N-dealkylation sites (tertiary alicyclic amines) is 1. The number of pyridine rings is 1. The van der Waals surface area contributed by atoms with Gasteiger partial charge in [-0.1, -0.05) is 6.92 Å². The van der Waals surface area contributed by atoms with E-state index in [0.29, 0.717) is 30.1 Å². The van der Waals surface area contributed by atoms with Crippen LogP contribution < -0.4 is 10.1 Å². The molecule has 1 N–H and O–H groups in total. The predicted molar refractivity (Wildman–Crippen MR) is 105 cm³/mol. The first-order valence-electron chi connectivity index (χ1n) is 9.49. The van der Waals surface area contributed by atoms with E-state index in [1.54, 1.807) is 7.11 Å². The third kappa shape index (κ3) is 4.56. The molecule has 2 aromatic rings. The highest BCUT2D eigenvalue weighted by molar-refractivity contribution is 5.99. The van der Waals surface area contributed by atoms with Crippen LogP contribution in [-0.2, 0) is 4.79 Å². The highest BCUT2D eigenvalue weighted by atomic mass is 16.5. The van der Waals surface area contributed by atoms with Crippen LogP contribution >= 0.6 is 0 Å². The van der Waals surface area contributed by atoms with Gasteiger partial charge in [-0.3, -0.25) is 14.6 Å². The molecule has 1 atom stereocenters. The van der Waals surface area contributed by atoms with Crippen molar-refractivity contribution in [2.45, 2.75) is 33.1 Å². The predicted octanol–water partition coefficient (Wildman–Crippen LogP) is 2.93. The maximum Gasteiger partial charge on any atom is 0.253 e. The number of benzene rings is 1. The highest BCUT2D eigenvalue weighted by Crippen LogP contribution is 2.21. The number of carbonyl (C=O) groups excluding carboxylic acids is 2. The van der Waals surface area contributed by atoms with E-state index in [9.17, 15) is 9.59 Å². The first-order valence-corrected chi connectivity index (χ1v) is 9.49. The molecule has 6 nitrogen and oxygen atoms in total. The van der Waals surface area contributed by atoms with E-state index in [1.807, 2.05) is 36.1 Å². The fraction of sp³-hybridized carbons (Fsp3) is 0.476. The summed E-state index contributed by atoms with van der Waals surface area (Å²) < 4.78 is 5.22. The molecule has 1 fully saturated rings. The lowest BCUT2D eigenvalue weighted by Gasteiger charge is -2.31. The Bertz CT molecular complexity index is 850. The van der Waals surface area contributed by atoms with Crippen LogP contribution in [0.15, 0.2) is 24.3 Å². The number of nitrogens with zero attached hydrogens (tertiary/aromatic N) is 2. The van der Waals surface area contributed by atoms with Gasteiger partial charge in [0.25, 0.3) is 5.91 Å². The van der Waals surface area contributed by atoms with Crippen molar-refractivity contribution in [2.75, 3.05) is 26.7 Å². The van der Waals surface area contributed by atoms with E-state index in [-0.39, 0.29) is 11.8 Å². The molecule has 0 radical (unpaired) electrons. The number of rotatable bonds is 5. The van der Waals surface area contributed by atoms with Gasteiger partial charge in [0.05, 0.1) is 23.9 Å². The fourth-order valence-electron chi connectivity index (χ4n) is 3.55. The van der Waals surface area contributed by atoms with Gasteiger partial charge in [-0.15, -0.1) is 0 Å². The van der Waals surface area contributed by atoms with Crippen LogP contribution in [0.3, 0.4) is 0 Å². The van der Waals surface area contributed by atoms with Gasteiger partial charge >= 0.3 is 0 Å². The van der Waals surface area contributed by atoms with Crippen LogP contribution in [0.4, 0.5) is 0 Å². The third-order valence-electron chi connectivity index (χ3n) is 5.09. The van der Waals surface area contributed by atoms with Gasteiger partial charge in [0.15, 0.2) is 0 Å². The molecule has 3 rings (SSSR count). The second-order valence-corrected chi connectivity index (χ2v) is 7.27. The lowest BCUT2D eigenvalue weighted by Crippen LogP contribution is -2.40. The molecule has 1 unspecified atom stereocenters. The Morgan fingerprint density at radius 2 is 2.15 bits per heavy atom. The van der Waals surface area contributed by atoms with Crippen molar-refractivity contribution in [2.24, 2.45) is 5.92 Å². The summed E-state index contributed by atoms with van der Waals surface area (Å²) in [5, 5.41) is 3.74. The van der Waals surface area contributed by atoms with E-state index in [0.717, 1.165) is 36.2 Å². The summed E-state index contributed by atoms with van der Waals surface area (Å²) in [7, 11) is 1.61. The van der Waals surface area contributed by atoms with Crippen molar-refractivity contribution in [1.29, 1.82) is 0 Å². The Hall–Kier alpha value is -2.63. The van der Waals surface area contributed by atoms with Crippen LogP contribution in [-0.4, -0.2) is 48.4 Å². The zero-order chi connectivity index (χ0) is 19.4. The van der Waals surface area contributed by atoms with Crippen LogP contribution in [0.5, 0.6) is 5.75 Å². The van der Waals surface area contributed by atoms with Crippen molar-refractivity contribution >= 4 is 22.7 Å². The molecule has 6 heteroatoms. The van der Waals surface area contributed by atoms with Gasteiger partial charge in [0, 0.05) is 37.5 Å². The number of methoxy groups -OCH3 is 1. The Balaban J connectivity index is 1.60. The Morgan fingerprint density at radius 3 is 2.89 bits per heavy atom. The topological polar surface area (TPSA) is 71.5 Å². The number of carbonyl (C=O) groups is 2. The zero-order valence-electron chi connectivity index (χ0n) is 16.2. The van der Waals surface area contributed by atoms with Gasteiger partial charge in [-0.25, -0.2) is 0 Å². The first kappa shape index (κ1) is 19.1. The van der Waals surface area contributed by atoms with E-state index in [4.69, 9.17) is 4.74 Å². The number of hydrogen-bond acceptors (Lipinski definition) is 4. The fourth-order valence-corrected chi connectivity index (χ4v) is 3.55. The normalized spacial score (nSPS) is 17.0. The maximum atomic E-state index is 12.5. The molecule has 144 valence electrons. The zero-order valence-corrected chi connectivity index (χ0v) is 16.2. The summed E-state index contributed by atoms with van der Waals surface area (Å²) in [5.41, 5.74) is 1.98. The standard InChI is InChI=1S/C21H27N3O3/c1-14-5-4-10-24(13-14)20(25)8-9-22-21(26)18-11-16-6-7-17(27-3)12-19(16)23-15(18)2/h6-7,11-12,14H,4-5,8-10,13H2,1-3H3,(H,22,26). The highest BCUT2D eigenvalue weighted by Gasteiger charge is 2.21. The number of hydrogen-bond donors (Lipinski definition) is 1. The summed E-state index contributed by atoms with van der Waals surface area (Å²) in [6.45, 7) is 5.97. The van der Waals surface area contributed by atoms with Crippen LogP contribution in [0.1, 0.15) is 42.2 Å². The molecule has 27 heavy (non-hydrogen) atoms. The minimum atomic E-state index is -0.197. The van der Waals surface area contributed by atoms with E-state index >= 15 is 0 Å². The lowest BCUT2D eigenvalue weighted by atomic mass is 10.00. The van der Waals surface area contributed by atoms with Crippen molar-refractivity contribution in [1.82, 2.24) is 15.2 Å². The Kier molecular flexibility index (Phi) is 5.94. The van der Waals surface area contributed by atoms with Crippen molar-refractivity contribution in [3.8, 4) is 5.75 Å². The molecule has 2 amide bonds. The number of piperidine rings is 1. The SMILES string of the molecule is COc1ccc2cc(C(=O)NCCC(=O)N3CCCC(C)C3)c(C)nc2c1. The van der Waals surface area contributed by atoms with Gasteiger partial charge in [-0.2, -0.15) is 0 Å². The average molecular weight is 369 g/mol. The van der Waals surface area contributed by atoms with Gasteiger partial charge in [0.2, 0.25) is 5.91 Å². The molecule has 1 aliphatic heterocycles. The molecule has 0 bridgehead atoms. The summed E-state index contributed by atoms with van der Waals surface area (Å²) in [4.78, 5) is 31.3. The first-order chi connectivity index (χ1) is 13.0. The molecular formula is C21H27N3O3. The Morgan fingerprint density at radius 1 is 1.33 bits per heavy atom. The number of aryl methyl sites for hydroxylation is 1. The molecule has 1 aromatic heterocycles. The van der Waals surface area contributed by atoms with Crippen LogP contribution in [0.2, 0.25) is 0 Å². The summed E-state index contributed by atoms with van der Waals surface area (Å²) in [6, 6.07) is 7.42. The quantitative estimate of drug-likeness (QED) is 0.880. The van der Waals surface area contributed by atoms with Crippen molar-refractivity contribution in [3.05, 3.63) is 35.5 Å². The van der Waals surface area contributed by atoms with Crippen molar-refractivity contribution < 1.29 is 14.3 Å². The van der Waals surface area contributed by atoms with Gasteiger partial charge in [0.1, 0.15) is 5.75 Å². The lowest BCUT2D eigenvalue weighted by molar-refractivity contribution is -0.132.